The first-order valence-electron chi connectivity index (χ1n) is 6.55. The molecule has 0 saturated carbocycles. The lowest BCUT2D eigenvalue weighted by atomic mass is 10.0. The highest BCUT2D eigenvalue weighted by molar-refractivity contribution is 5.75. The molecule has 0 aliphatic heterocycles. The van der Waals surface area contributed by atoms with Gasteiger partial charge in [0, 0.05) is 6.54 Å². The monoisotopic (exact) mass is 273 g/mol. The first kappa shape index (κ1) is 14.0. The summed E-state index contributed by atoms with van der Waals surface area (Å²) in [5.74, 6) is 0.557. The van der Waals surface area contributed by atoms with Crippen LogP contribution in [0.4, 0.5) is 5.95 Å². The number of aromatic nitrogens is 3. The fourth-order valence-electron chi connectivity index (χ4n) is 1.81. The van der Waals surface area contributed by atoms with Gasteiger partial charge in [0.1, 0.15) is 12.9 Å². The highest BCUT2D eigenvalue weighted by Gasteiger charge is 2.05. The largest absolute Gasteiger partial charge is 0.367 e. The molecule has 0 bridgehead atoms. The molecule has 0 radical (unpaired) electrons. The molecule has 0 fully saturated rings. The summed E-state index contributed by atoms with van der Waals surface area (Å²) in [5, 5.41) is 6.70. The Kier molecular flexibility index (Phi) is 4.34. The second-order valence-electron chi connectivity index (χ2n) is 4.97. The van der Waals surface area contributed by atoms with E-state index in [-0.39, 0.29) is 18.4 Å². The van der Waals surface area contributed by atoms with Gasteiger partial charge in [0.2, 0.25) is 11.9 Å². The Morgan fingerprint density at radius 2 is 2.05 bits per heavy atom. The van der Waals surface area contributed by atoms with Gasteiger partial charge < -0.3 is 11.1 Å². The molecule has 2 aromatic rings. The molecule has 0 aliphatic carbocycles. The van der Waals surface area contributed by atoms with Crippen molar-refractivity contribution in [3.8, 4) is 0 Å². The summed E-state index contributed by atoms with van der Waals surface area (Å²) in [6, 6.07) is 8.24. The SMILES string of the molecule is CC(C)c1ccc(CNC(=O)Cn2cnc(N)n2)cc1. The Morgan fingerprint density at radius 3 is 2.60 bits per heavy atom. The number of amides is 1. The fraction of sp³-hybridized carbons (Fsp3) is 0.357. The standard InChI is InChI=1S/C14H19N5O/c1-10(2)12-5-3-11(4-6-12)7-16-13(20)8-19-9-17-14(15)18-19/h3-6,9-10H,7-8H2,1-2H3,(H2,15,18)(H,16,20). The topological polar surface area (TPSA) is 85.8 Å². The van der Waals surface area contributed by atoms with E-state index in [2.05, 4.69) is 41.4 Å². The summed E-state index contributed by atoms with van der Waals surface area (Å²) in [4.78, 5) is 15.5. The van der Waals surface area contributed by atoms with Crippen LogP contribution in [0, 0.1) is 0 Å². The Balaban J connectivity index is 1.83. The van der Waals surface area contributed by atoms with Crippen LogP contribution >= 0.6 is 0 Å². The summed E-state index contributed by atoms with van der Waals surface area (Å²) < 4.78 is 1.41. The molecule has 106 valence electrons. The molecule has 1 aromatic carbocycles. The second-order valence-corrected chi connectivity index (χ2v) is 4.97. The molecule has 6 nitrogen and oxygen atoms in total. The van der Waals surface area contributed by atoms with Crippen molar-refractivity contribution in [2.75, 3.05) is 5.73 Å². The summed E-state index contributed by atoms with van der Waals surface area (Å²) in [7, 11) is 0. The normalized spacial score (nSPS) is 10.8. The van der Waals surface area contributed by atoms with Crippen molar-refractivity contribution in [2.45, 2.75) is 32.9 Å². The van der Waals surface area contributed by atoms with Gasteiger partial charge in [-0.05, 0) is 17.0 Å². The maximum atomic E-state index is 11.7. The highest BCUT2D eigenvalue weighted by atomic mass is 16.2. The summed E-state index contributed by atoms with van der Waals surface area (Å²) in [6.07, 6.45) is 1.44. The quantitative estimate of drug-likeness (QED) is 0.859. The lowest BCUT2D eigenvalue weighted by Gasteiger charge is -2.08. The van der Waals surface area contributed by atoms with E-state index in [0.717, 1.165) is 5.56 Å². The van der Waals surface area contributed by atoms with Crippen LogP contribution in [0.15, 0.2) is 30.6 Å². The third kappa shape index (κ3) is 3.81. The molecule has 1 aromatic heterocycles. The van der Waals surface area contributed by atoms with Crippen LogP contribution in [0.2, 0.25) is 0 Å². The number of rotatable bonds is 5. The van der Waals surface area contributed by atoms with E-state index < -0.39 is 0 Å². The summed E-state index contributed by atoms with van der Waals surface area (Å²) in [6.45, 7) is 4.93. The molecule has 6 heteroatoms. The van der Waals surface area contributed by atoms with E-state index in [1.165, 1.54) is 16.6 Å². The molecule has 3 N–H and O–H groups in total. The van der Waals surface area contributed by atoms with Crippen LogP contribution in [0.1, 0.15) is 30.9 Å². The zero-order valence-electron chi connectivity index (χ0n) is 11.7. The van der Waals surface area contributed by atoms with Gasteiger partial charge in [-0.1, -0.05) is 38.1 Å². The van der Waals surface area contributed by atoms with E-state index in [0.29, 0.717) is 12.5 Å². The van der Waals surface area contributed by atoms with Crippen molar-refractivity contribution in [3.05, 3.63) is 41.7 Å². The van der Waals surface area contributed by atoms with Gasteiger partial charge in [-0.25, -0.2) is 9.67 Å². The van der Waals surface area contributed by atoms with Gasteiger partial charge in [0.05, 0.1) is 0 Å². The number of anilines is 1. The number of hydrogen-bond acceptors (Lipinski definition) is 4. The predicted molar refractivity (Wildman–Crippen MR) is 76.8 cm³/mol. The molecule has 0 spiro atoms. The van der Waals surface area contributed by atoms with Crippen LogP contribution in [0.3, 0.4) is 0 Å². The third-order valence-electron chi connectivity index (χ3n) is 3.00. The Bertz CT molecular complexity index is 574. The van der Waals surface area contributed by atoms with Crippen molar-refractivity contribution in [3.63, 3.8) is 0 Å². The van der Waals surface area contributed by atoms with Crippen LogP contribution < -0.4 is 11.1 Å². The van der Waals surface area contributed by atoms with Crippen molar-refractivity contribution in [1.29, 1.82) is 0 Å². The Morgan fingerprint density at radius 1 is 1.35 bits per heavy atom. The lowest BCUT2D eigenvalue weighted by molar-refractivity contribution is -0.122. The number of hydrogen-bond donors (Lipinski definition) is 2. The van der Waals surface area contributed by atoms with Crippen molar-refractivity contribution in [2.24, 2.45) is 0 Å². The first-order chi connectivity index (χ1) is 9.54. The minimum absolute atomic E-state index is 0.119. The van der Waals surface area contributed by atoms with Crippen LogP contribution in [-0.4, -0.2) is 20.7 Å². The third-order valence-corrected chi connectivity index (χ3v) is 3.00. The average Bonchev–Trinajstić information content (AvgIpc) is 2.82. The second kappa shape index (κ2) is 6.18. The van der Waals surface area contributed by atoms with E-state index in [9.17, 15) is 4.79 Å². The van der Waals surface area contributed by atoms with Crippen molar-refractivity contribution >= 4 is 11.9 Å². The maximum Gasteiger partial charge on any atom is 0.242 e. The smallest absolute Gasteiger partial charge is 0.242 e. The minimum atomic E-state index is -0.122. The van der Waals surface area contributed by atoms with Gasteiger partial charge in [0.15, 0.2) is 0 Å². The number of nitrogens with two attached hydrogens (primary N) is 1. The van der Waals surface area contributed by atoms with Gasteiger partial charge in [-0.3, -0.25) is 4.79 Å². The Labute approximate surface area is 118 Å². The maximum absolute atomic E-state index is 11.7. The molecule has 2 rings (SSSR count). The number of nitrogens with zero attached hydrogens (tertiary/aromatic N) is 3. The molecular formula is C14H19N5O. The fourth-order valence-corrected chi connectivity index (χ4v) is 1.81. The molecular weight excluding hydrogens is 254 g/mol. The van der Waals surface area contributed by atoms with Gasteiger partial charge in [-0.2, -0.15) is 0 Å². The molecule has 20 heavy (non-hydrogen) atoms. The zero-order chi connectivity index (χ0) is 14.5. The van der Waals surface area contributed by atoms with E-state index >= 15 is 0 Å². The number of carbonyl (C=O) groups excluding carboxylic acids is 1. The van der Waals surface area contributed by atoms with Crippen molar-refractivity contribution in [1.82, 2.24) is 20.1 Å². The molecule has 0 atom stereocenters. The van der Waals surface area contributed by atoms with Crippen LogP contribution in [0.25, 0.3) is 0 Å². The minimum Gasteiger partial charge on any atom is -0.367 e. The molecule has 1 amide bonds. The van der Waals surface area contributed by atoms with Gasteiger partial charge >= 0.3 is 0 Å². The summed E-state index contributed by atoms with van der Waals surface area (Å²) in [5.41, 5.74) is 7.74. The number of nitrogens with one attached hydrogen (secondary N) is 1. The van der Waals surface area contributed by atoms with E-state index in [1.807, 2.05) is 12.1 Å². The number of nitrogen functional groups attached to an aromatic ring is 1. The molecule has 0 saturated heterocycles. The van der Waals surface area contributed by atoms with Crippen LogP contribution in [-0.2, 0) is 17.9 Å². The molecule has 1 heterocycles. The molecule has 0 unspecified atom stereocenters. The molecule has 0 aliphatic rings. The first-order valence-corrected chi connectivity index (χ1v) is 6.55. The highest BCUT2D eigenvalue weighted by Crippen LogP contribution is 2.14. The summed E-state index contributed by atoms with van der Waals surface area (Å²) >= 11 is 0. The Hall–Kier alpha value is -2.37. The number of benzene rings is 1. The van der Waals surface area contributed by atoms with E-state index in [4.69, 9.17) is 5.73 Å². The van der Waals surface area contributed by atoms with Crippen molar-refractivity contribution < 1.29 is 4.79 Å². The predicted octanol–water partition coefficient (Wildman–Crippen LogP) is 1.30. The van der Waals surface area contributed by atoms with Gasteiger partial charge in [-0.15, -0.1) is 5.10 Å². The average molecular weight is 273 g/mol. The van der Waals surface area contributed by atoms with Gasteiger partial charge in [0.25, 0.3) is 0 Å². The number of carbonyl (C=O) groups is 1. The van der Waals surface area contributed by atoms with E-state index in [1.54, 1.807) is 0 Å². The lowest BCUT2D eigenvalue weighted by Crippen LogP contribution is -2.27. The van der Waals surface area contributed by atoms with Crippen LogP contribution in [0.5, 0.6) is 0 Å². The zero-order valence-corrected chi connectivity index (χ0v) is 11.7.